The fourth-order valence-corrected chi connectivity index (χ4v) is 2.68. The lowest BCUT2D eigenvalue weighted by Crippen LogP contribution is -2.18. The van der Waals surface area contributed by atoms with Gasteiger partial charge in [0.05, 0.1) is 18.6 Å². The van der Waals surface area contributed by atoms with Gasteiger partial charge in [0.15, 0.2) is 11.5 Å². The summed E-state index contributed by atoms with van der Waals surface area (Å²) in [5, 5.41) is 22.7. The Bertz CT molecular complexity index is 722. The van der Waals surface area contributed by atoms with E-state index < -0.39 is 4.92 Å². The van der Waals surface area contributed by atoms with E-state index in [4.69, 9.17) is 14.6 Å². The molecule has 0 aromatic heterocycles. The van der Waals surface area contributed by atoms with Crippen LogP contribution in [0.1, 0.15) is 11.1 Å². The molecule has 2 rings (SSSR count). The zero-order valence-electron chi connectivity index (χ0n) is 13.7. The van der Waals surface area contributed by atoms with Crippen LogP contribution in [0.3, 0.4) is 0 Å². The van der Waals surface area contributed by atoms with Crippen LogP contribution in [0.4, 0.5) is 5.69 Å². The van der Waals surface area contributed by atoms with E-state index in [1.165, 1.54) is 12.1 Å². The molecule has 0 unspecified atom stereocenters. The van der Waals surface area contributed by atoms with Crippen molar-refractivity contribution < 1.29 is 19.5 Å². The van der Waals surface area contributed by atoms with E-state index in [1.54, 1.807) is 25.3 Å². The first kappa shape index (κ1) is 19.2. The lowest BCUT2D eigenvalue weighted by molar-refractivity contribution is -0.384. The van der Waals surface area contributed by atoms with Crippen molar-refractivity contribution in [1.82, 2.24) is 5.32 Å². The molecule has 25 heavy (non-hydrogen) atoms. The molecular formula is C17H19BrN2O5. The molecule has 134 valence electrons. The van der Waals surface area contributed by atoms with Gasteiger partial charge in [-0.3, -0.25) is 10.1 Å². The van der Waals surface area contributed by atoms with Crippen LogP contribution in [0.5, 0.6) is 11.5 Å². The molecule has 0 aliphatic carbocycles. The number of aliphatic hydroxyl groups is 1. The second kappa shape index (κ2) is 9.36. The molecule has 0 saturated carbocycles. The molecule has 0 atom stereocenters. The molecule has 7 nitrogen and oxygen atoms in total. The van der Waals surface area contributed by atoms with Gasteiger partial charge < -0.3 is 19.9 Å². The maximum Gasteiger partial charge on any atom is 0.269 e. The fraction of sp³-hybridized carbons (Fsp3) is 0.294. The molecule has 0 saturated heterocycles. The molecule has 0 heterocycles. The van der Waals surface area contributed by atoms with Crippen LogP contribution in [0.15, 0.2) is 40.9 Å². The van der Waals surface area contributed by atoms with Crippen LogP contribution in [-0.2, 0) is 13.2 Å². The molecule has 8 heteroatoms. The molecule has 0 fully saturated rings. The largest absolute Gasteiger partial charge is 0.493 e. The number of benzene rings is 2. The van der Waals surface area contributed by atoms with Crippen LogP contribution in [-0.4, -0.2) is 30.3 Å². The van der Waals surface area contributed by atoms with Crippen molar-refractivity contribution in [3.05, 3.63) is 62.1 Å². The summed E-state index contributed by atoms with van der Waals surface area (Å²) in [5.74, 6) is 1.17. The van der Waals surface area contributed by atoms with Crippen molar-refractivity contribution in [2.75, 3.05) is 20.3 Å². The van der Waals surface area contributed by atoms with Gasteiger partial charge in [-0.2, -0.15) is 0 Å². The average Bonchev–Trinajstić information content (AvgIpc) is 2.62. The number of aliphatic hydroxyl groups excluding tert-OH is 1. The number of nitro benzene ring substituents is 1. The van der Waals surface area contributed by atoms with Gasteiger partial charge in [0.25, 0.3) is 5.69 Å². The molecule has 0 radical (unpaired) electrons. The zero-order chi connectivity index (χ0) is 18.2. The third-order valence-electron chi connectivity index (χ3n) is 3.51. The van der Waals surface area contributed by atoms with Crippen molar-refractivity contribution >= 4 is 21.6 Å². The Labute approximate surface area is 153 Å². The Morgan fingerprint density at radius 3 is 2.56 bits per heavy atom. The summed E-state index contributed by atoms with van der Waals surface area (Å²) in [7, 11) is 1.56. The van der Waals surface area contributed by atoms with Gasteiger partial charge in [-0.1, -0.05) is 15.9 Å². The quantitative estimate of drug-likeness (QED) is 0.374. The molecule has 2 aromatic carbocycles. The predicted octanol–water partition coefficient (Wildman–Crippen LogP) is 3.03. The molecule has 2 aromatic rings. The first-order valence-corrected chi connectivity index (χ1v) is 8.39. The summed E-state index contributed by atoms with van der Waals surface area (Å²) in [6.45, 7) is 1.25. The molecule has 0 aliphatic rings. The summed E-state index contributed by atoms with van der Waals surface area (Å²) in [6, 6.07) is 9.87. The number of nitrogens with one attached hydrogen (secondary N) is 1. The number of hydrogen-bond donors (Lipinski definition) is 2. The fourth-order valence-electron chi connectivity index (χ4n) is 2.23. The van der Waals surface area contributed by atoms with Crippen molar-refractivity contribution in [2.24, 2.45) is 0 Å². The number of nitrogens with zero attached hydrogens (tertiary/aromatic N) is 1. The Balaban J connectivity index is 2.18. The minimum Gasteiger partial charge on any atom is -0.493 e. The SMILES string of the molecule is COc1ccc(Br)c(CNCCO)c1OCc1ccc([N+](=O)[O-])cc1. The summed E-state index contributed by atoms with van der Waals surface area (Å²) in [6.07, 6.45) is 0. The van der Waals surface area contributed by atoms with E-state index in [1.807, 2.05) is 6.07 Å². The first-order valence-electron chi connectivity index (χ1n) is 7.60. The van der Waals surface area contributed by atoms with Crippen molar-refractivity contribution in [3.8, 4) is 11.5 Å². The highest BCUT2D eigenvalue weighted by atomic mass is 79.9. The number of hydrogen-bond acceptors (Lipinski definition) is 6. The van der Waals surface area contributed by atoms with Crippen molar-refractivity contribution in [1.29, 1.82) is 0 Å². The number of halogens is 1. The minimum absolute atomic E-state index is 0.0395. The lowest BCUT2D eigenvalue weighted by Gasteiger charge is -2.17. The molecular weight excluding hydrogens is 392 g/mol. The van der Waals surface area contributed by atoms with Gasteiger partial charge in [0, 0.05) is 35.3 Å². The number of non-ortho nitro benzene ring substituents is 1. The summed E-state index contributed by atoms with van der Waals surface area (Å²) in [4.78, 5) is 10.3. The standard InChI is InChI=1S/C17H19BrN2O5/c1-24-16-7-6-15(18)14(10-19-8-9-21)17(16)25-11-12-2-4-13(5-3-12)20(22)23/h2-7,19,21H,8-11H2,1H3. The van der Waals surface area contributed by atoms with Gasteiger partial charge >= 0.3 is 0 Å². The van der Waals surface area contributed by atoms with Crippen LogP contribution >= 0.6 is 15.9 Å². The van der Waals surface area contributed by atoms with Crippen molar-refractivity contribution in [3.63, 3.8) is 0 Å². The van der Waals surface area contributed by atoms with E-state index >= 15 is 0 Å². The number of ether oxygens (including phenoxy) is 2. The normalized spacial score (nSPS) is 10.5. The zero-order valence-corrected chi connectivity index (χ0v) is 15.3. The Kier molecular flexibility index (Phi) is 7.17. The number of methoxy groups -OCH3 is 1. The van der Waals surface area contributed by atoms with Crippen LogP contribution in [0.25, 0.3) is 0 Å². The maximum atomic E-state index is 10.7. The molecule has 0 spiro atoms. The monoisotopic (exact) mass is 410 g/mol. The van der Waals surface area contributed by atoms with Gasteiger partial charge in [-0.05, 0) is 29.8 Å². The number of nitro groups is 1. The van der Waals surface area contributed by atoms with Gasteiger partial charge in [0.1, 0.15) is 6.61 Å². The predicted molar refractivity (Wildman–Crippen MR) is 96.9 cm³/mol. The third-order valence-corrected chi connectivity index (χ3v) is 4.25. The summed E-state index contributed by atoms with van der Waals surface area (Å²) >= 11 is 3.50. The highest BCUT2D eigenvalue weighted by Crippen LogP contribution is 2.36. The second-order valence-corrected chi connectivity index (χ2v) is 6.02. The van der Waals surface area contributed by atoms with Crippen LogP contribution in [0.2, 0.25) is 0 Å². The van der Waals surface area contributed by atoms with E-state index in [2.05, 4.69) is 21.2 Å². The number of rotatable bonds is 9. The second-order valence-electron chi connectivity index (χ2n) is 5.17. The van der Waals surface area contributed by atoms with Gasteiger partial charge in [-0.15, -0.1) is 0 Å². The molecule has 0 aliphatic heterocycles. The summed E-state index contributed by atoms with van der Waals surface area (Å²) in [5.41, 5.74) is 1.72. The Hall–Kier alpha value is -2.16. The maximum absolute atomic E-state index is 10.7. The molecule has 0 bridgehead atoms. The molecule has 2 N–H and O–H groups in total. The first-order chi connectivity index (χ1) is 12.1. The Morgan fingerprint density at radius 2 is 1.96 bits per heavy atom. The van der Waals surface area contributed by atoms with E-state index in [-0.39, 0.29) is 18.9 Å². The van der Waals surface area contributed by atoms with Crippen LogP contribution in [0, 0.1) is 10.1 Å². The van der Waals surface area contributed by atoms with E-state index in [0.717, 1.165) is 15.6 Å². The average molecular weight is 411 g/mol. The highest BCUT2D eigenvalue weighted by Gasteiger charge is 2.15. The van der Waals surface area contributed by atoms with E-state index in [9.17, 15) is 10.1 Å². The third kappa shape index (κ3) is 5.15. The Morgan fingerprint density at radius 1 is 1.24 bits per heavy atom. The van der Waals surface area contributed by atoms with Gasteiger partial charge in [0.2, 0.25) is 0 Å². The van der Waals surface area contributed by atoms with E-state index in [0.29, 0.717) is 24.6 Å². The molecule has 0 amide bonds. The summed E-state index contributed by atoms with van der Waals surface area (Å²) < 4.78 is 12.2. The van der Waals surface area contributed by atoms with Crippen LogP contribution < -0.4 is 14.8 Å². The smallest absolute Gasteiger partial charge is 0.269 e. The van der Waals surface area contributed by atoms with Crippen molar-refractivity contribution in [2.45, 2.75) is 13.2 Å². The van der Waals surface area contributed by atoms with Gasteiger partial charge in [-0.25, -0.2) is 0 Å². The topological polar surface area (TPSA) is 93.9 Å². The lowest BCUT2D eigenvalue weighted by atomic mass is 10.1. The minimum atomic E-state index is -0.438. The highest BCUT2D eigenvalue weighted by molar-refractivity contribution is 9.10.